The minimum atomic E-state index is -1.30. The van der Waals surface area contributed by atoms with E-state index >= 15 is 0 Å². The van der Waals surface area contributed by atoms with Gasteiger partial charge in [0.05, 0.1) is 47.1 Å². The van der Waals surface area contributed by atoms with Crippen LogP contribution in [0.25, 0.3) is 0 Å². The minimum absolute atomic E-state index is 0.418. The predicted octanol–water partition coefficient (Wildman–Crippen LogP) is -1.00. The largest absolute Gasteiger partial charge is 0.322 e. The van der Waals surface area contributed by atoms with Crippen molar-refractivity contribution in [3.05, 3.63) is 0 Å². The Bertz CT molecular complexity index is 238. The molecule has 1 rings (SSSR count). The molecule has 1 aliphatic heterocycles. The normalized spacial score (nSPS) is 35.4. The van der Waals surface area contributed by atoms with Crippen molar-refractivity contribution in [3.8, 4) is 0 Å². The fourth-order valence-electron chi connectivity index (χ4n) is 2.37. The molecule has 0 aliphatic carbocycles. The number of hydrogen-bond acceptors (Lipinski definition) is 1. The molecular weight excluding hydrogens is 175 g/mol. The van der Waals surface area contributed by atoms with E-state index in [4.69, 9.17) is 47.1 Å². The summed E-state index contributed by atoms with van der Waals surface area (Å²) in [6.07, 6.45) is 0. The van der Waals surface area contributed by atoms with Gasteiger partial charge in [-0.15, -0.1) is 0 Å². The van der Waals surface area contributed by atoms with Gasteiger partial charge in [-0.1, -0.05) is 22.3 Å². The summed E-state index contributed by atoms with van der Waals surface area (Å²) < 4.78 is 0. The van der Waals surface area contributed by atoms with Crippen molar-refractivity contribution in [1.82, 2.24) is 4.90 Å². The Kier molecular flexibility index (Phi) is 3.06. The first-order chi connectivity index (χ1) is 6.43. The molecule has 12 radical (unpaired) electrons. The van der Waals surface area contributed by atoms with Crippen LogP contribution in [-0.4, -0.2) is 68.2 Å². The van der Waals surface area contributed by atoms with Crippen molar-refractivity contribution in [2.45, 2.75) is 48.6 Å². The van der Waals surface area contributed by atoms with Gasteiger partial charge in [0.2, 0.25) is 0 Å². The zero-order valence-corrected chi connectivity index (χ0v) is 9.57. The average Bonchev–Trinajstić information content (AvgIpc) is 2.06. The van der Waals surface area contributed by atoms with Crippen LogP contribution in [0.15, 0.2) is 0 Å². The molecule has 0 amide bonds. The van der Waals surface area contributed by atoms with Crippen LogP contribution in [-0.2, 0) is 0 Å². The van der Waals surface area contributed by atoms with Crippen LogP contribution < -0.4 is 0 Å². The van der Waals surface area contributed by atoms with Crippen molar-refractivity contribution < 1.29 is 0 Å². The number of nitrogens with zero attached hydrogens (tertiary/aromatic N) is 1. The summed E-state index contributed by atoms with van der Waals surface area (Å²) in [5.41, 5.74) is -0.418. The molecule has 66 valence electrons. The van der Waals surface area contributed by atoms with E-state index in [9.17, 15) is 0 Å². The van der Waals surface area contributed by atoms with Crippen molar-refractivity contribution >= 4 is 47.1 Å². The van der Waals surface area contributed by atoms with Gasteiger partial charge in [-0.3, -0.25) is 0 Å². The summed E-state index contributed by atoms with van der Waals surface area (Å²) in [5.74, 6) is -1.35. The standard InChI is InChI=1S/C8H11B6N/c1-6(2,3)15-7(11,12)4(9)5(10)8(15,13)14/h4-5H,1-3H3. The molecule has 0 aromatic heterocycles. The van der Waals surface area contributed by atoms with Crippen LogP contribution in [0.4, 0.5) is 0 Å². The lowest BCUT2D eigenvalue weighted by Crippen LogP contribution is -2.64. The van der Waals surface area contributed by atoms with E-state index in [1.807, 2.05) is 20.8 Å². The van der Waals surface area contributed by atoms with Gasteiger partial charge in [0.15, 0.2) is 0 Å². The quantitative estimate of drug-likeness (QED) is 0.438. The molecule has 7 heteroatoms. The molecule has 0 saturated carbocycles. The van der Waals surface area contributed by atoms with E-state index < -0.39 is 27.8 Å². The van der Waals surface area contributed by atoms with Crippen LogP contribution in [0, 0.1) is 0 Å². The van der Waals surface area contributed by atoms with Crippen LogP contribution in [0.1, 0.15) is 20.8 Å². The summed E-state index contributed by atoms with van der Waals surface area (Å²) >= 11 is 0. The van der Waals surface area contributed by atoms with Gasteiger partial charge in [0.25, 0.3) is 0 Å². The number of likely N-dealkylation sites (tertiary alicyclic amines) is 1. The molecule has 0 bridgehead atoms. The van der Waals surface area contributed by atoms with E-state index in [1.165, 1.54) is 0 Å². The molecule has 15 heavy (non-hydrogen) atoms. The molecule has 0 aromatic rings. The molecular formula is C8H11B6N. The lowest BCUT2D eigenvalue weighted by molar-refractivity contribution is 0.105. The molecule has 2 unspecified atom stereocenters. The zero-order valence-electron chi connectivity index (χ0n) is 9.57. The third-order valence-corrected chi connectivity index (χ3v) is 2.90. The molecule has 1 aliphatic rings. The summed E-state index contributed by atoms with van der Waals surface area (Å²) in [6, 6.07) is 0. The molecule has 1 fully saturated rings. The van der Waals surface area contributed by atoms with E-state index in [1.54, 1.807) is 4.90 Å². The van der Waals surface area contributed by atoms with Gasteiger partial charge in [-0.2, -0.15) is 0 Å². The van der Waals surface area contributed by atoms with Crippen LogP contribution >= 0.6 is 0 Å². The Balaban J connectivity index is 3.24. The van der Waals surface area contributed by atoms with Gasteiger partial charge in [-0.25, -0.2) is 0 Å². The molecule has 1 nitrogen and oxygen atoms in total. The summed E-state index contributed by atoms with van der Waals surface area (Å²) in [4.78, 5) is 1.57. The SMILES string of the molecule is [B]C1C([B])C([B])([B])N(C(C)(C)C)C1([B])[B]. The maximum atomic E-state index is 5.96. The number of hydrogen-bond donors (Lipinski definition) is 0. The summed E-state index contributed by atoms with van der Waals surface area (Å²) in [7, 11) is 35.5. The summed E-state index contributed by atoms with van der Waals surface area (Å²) in [5, 5.41) is -2.61. The fourth-order valence-corrected chi connectivity index (χ4v) is 2.37. The Morgan fingerprint density at radius 2 is 1.13 bits per heavy atom. The minimum Gasteiger partial charge on any atom is -0.322 e. The number of rotatable bonds is 0. The third kappa shape index (κ3) is 1.85. The first-order valence-corrected chi connectivity index (χ1v) is 4.90. The average molecular weight is 186 g/mol. The molecule has 1 saturated heterocycles. The van der Waals surface area contributed by atoms with E-state index in [-0.39, 0.29) is 0 Å². The smallest absolute Gasteiger partial charge is 0.0817 e. The van der Waals surface area contributed by atoms with E-state index in [0.29, 0.717) is 0 Å². The highest BCUT2D eigenvalue weighted by molar-refractivity contribution is 6.52. The second-order valence-corrected chi connectivity index (χ2v) is 5.33. The highest BCUT2D eigenvalue weighted by Gasteiger charge is 2.54. The van der Waals surface area contributed by atoms with Gasteiger partial charge in [0.1, 0.15) is 0 Å². The molecule has 1 heterocycles. The van der Waals surface area contributed by atoms with E-state index in [0.717, 1.165) is 0 Å². The maximum Gasteiger partial charge on any atom is 0.0817 e. The monoisotopic (exact) mass is 187 g/mol. The Hall–Kier alpha value is 0.350. The van der Waals surface area contributed by atoms with Crippen LogP contribution in [0.3, 0.4) is 0 Å². The third-order valence-electron chi connectivity index (χ3n) is 2.90. The molecule has 0 aromatic carbocycles. The highest BCUT2D eigenvalue weighted by Crippen LogP contribution is 2.51. The second-order valence-electron chi connectivity index (χ2n) is 5.33. The predicted molar refractivity (Wildman–Crippen MR) is 69.1 cm³/mol. The molecule has 2 atom stereocenters. The highest BCUT2D eigenvalue weighted by atomic mass is 15.3. The van der Waals surface area contributed by atoms with Crippen LogP contribution in [0.2, 0.25) is 11.6 Å². The van der Waals surface area contributed by atoms with Crippen molar-refractivity contribution in [2.75, 3.05) is 0 Å². The second kappa shape index (κ2) is 3.42. The Labute approximate surface area is 101 Å². The topological polar surface area (TPSA) is 3.24 Å². The van der Waals surface area contributed by atoms with Crippen molar-refractivity contribution in [2.24, 2.45) is 0 Å². The maximum absolute atomic E-state index is 5.96. The first-order valence-electron chi connectivity index (χ1n) is 4.90. The molecule has 0 spiro atoms. The Morgan fingerprint density at radius 1 is 0.867 bits per heavy atom. The van der Waals surface area contributed by atoms with Crippen molar-refractivity contribution in [1.29, 1.82) is 0 Å². The zero-order chi connectivity index (χ0) is 12.2. The lowest BCUT2D eigenvalue weighted by atomic mass is 9.42. The van der Waals surface area contributed by atoms with Gasteiger partial charge in [0, 0.05) is 5.54 Å². The van der Waals surface area contributed by atoms with Crippen molar-refractivity contribution in [3.63, 3.8) is 0 Å². The van der Waals surface area contributed by atoms with Gasteiger partial charge in [-0.05, 0) is 20.8 Å². The summed E-state index contributed by atoms with van der Waals surface area (Å²) in [6.45, 7) is 5.71. The lowest BCUT2D eigenvalue weighted by Gasteiger charge is -2.53. The van der Waals surface area contributed by atoms with E-state index in [2.05, 4.69) is 0 Å². The molecule has 0 N–H and O–H groups in total. The Morgan fingerprint density at radius 3 is 1.27 bits per heavy atom. The van der Waals surface area contributed by atoms with Gasteiger partial charge >= 0.3 is 0 Å². The van der Waals surface area contributed by atoms with Gasteiger partial charge < -0.3 is 4.90 Å². The van der Waals surface area contributed by atoms with Crippen LogP contribution in [0.5, 0.6) is 0 Å². The first kappa shape index (κ1) is 13.4. The fraction of sp³-hybridized carbons (Fsp3) is 1.00.